The number of imidazole rings is 1. The molecule has 1 fully saturated rings. The Morgan fingerprint density at radius 3 is 2.53 bits per heavy atom. The Morgan fingerprint density at radius 2 is 1.92 bits per heavy atom. The molecule has 1 aliphatic heterocycles. The van der Waals surface area contributed by atoms with E-state index in [-0.39, 0.29) is 11.2 Å². The fourth-order valence-corrected chi connectivity index (χ4v) is 5.01. The van der Waals surface area contributed by atoms with Gasteiger partial charge in [-0.05, 0) is 51.4 Å². The molecule has 1 aliphatic rings. The lowest BCUT2D eigenvalue weighted by Gasteiger charge is -2.36. The lowest BCUT2D eigenvalue weighted by molar-refractivity contribution is 0.172. The van der Waals surface area contributed by atoms with Crippen LogP contribution in [0.5, 0.6) is 6.01 Å². The van der Waals surface area contributed by atoms with Gasteiger partial charge in [-0.15, -0.1) is 5.10 Å². The van der Waals surface area contributed by atoms with Crippen LogP contribution >= 0.6 is 0 Å². The Hall–Kier alpha value is -2.75. The van der Waals surface area contributed by atoms with E-state index in [0.29, 0.717) is 29.9 Å². The maximum atomic E-state index is 6.24. The summed E-state index contributed by atoms with van der Waals surface area (Å²) in [6, 6.07) is 3.16. The van der Waals surface area contributed by atoms with Crippen molar-refractivity contribution in [2.45, 2.75) is 63.2 Å². The van der Waals surface area contributed by atoms with Crippen LogP contribution in [-0.4, -0.2) is 92.3 Å². The van der Waals surface area contributed by atoms with Gasteiger partial charge in [0.2, 0.25) is 0 Å². The predicted octanol–water partition coefficient (Wildman–Crippen LogP) is 0.0516. The second-order valence-corrected chi connectivity index (χ2v) is 11.4. The van der Waals surface area contributed by atoms with Gasteiger partial charge in [0.15, 0.2) is 11.5 Å². The number of ether oxygens (including phenoxy) is 1. The van der Waals surface area contributed by atoms with Gasteiger partial charge in [-0.25, -0.2) is 14.5 Å². The molecule has 9 nitrogen and oxygen atoms in total. The van der Waals surface area contributed by atoms with Gasteiger partial charge in [0.25, 0.3) is 0 Å². The van der Waals surface area contributed by atoms with E-state index in [1.54, 1.807) is 4.52 Å². The van der Waals surface area contributed by atoms with Crippen LogP contribution in [0.3, 0.4) is 0 Å². The van der Waals surface area contributed by atoms with Gasteiger partial charge < -0.3 is 20.3 Å². The average Bonchev–Trinajstić information content (AvgIpc) is 3.21. The summed E-state index contributed by atoms with van der Waals surface area (Å²) in [6.07, 6.45) is 8.69. The van der Waals surface area contributed by atoms with Crippen LogP contribution in [0.2, 0.25) is 5.11 Å². The number of piperidine rings is 1. The Bertz CT molecular complexity index is 1190. The minimum atomic E-state index is -0.0342. The lowest BCUT2D eigenvalue weighted by atomic mass is 9.40. The molecule has 2 N–H and O–H groups in total. The molecule has 1 saturated heterocycles. The number of fused-ring (bicyclic) bond motifs is 1. The summed E-state index contributed by atoms with van der Waals surface area (Å²) in [6.45, 7) is 6.37. The van der Waals surface area contributed by atoms with E-state index in [0.717, 1.165) is 55.8 Å². The summed E-state index contributed by atoms with van der Waals surface area (Å²) in [4.78, 5) is 18.5. The smallest absolute Gasteiger partial charge is 0.336 e. The minimum Gasteiger partial charge on any atom is -0.461 e. The van der Waals surface area contributed by atoms with Gasteiger partial charge in [-0.2, -0.15) is 4.98 Å². The van der Waals surface area contributed by atoms with Crippen molar-refractivity contribution in [3.63, 3.8) is 0 Å². The maximum Gasteiger partial charge on any atom is 0.336 e. The SMILES string of the molecule is BC(B)(B)C(CCC)Oc1nc(N)c2ncc(Cc3cnc(N4CCC(N(C)C)CC4)c(C)c3)n2n1. The zero-order valence-electron chi connectivity index (χ0n) is 23.0. The van der Waals surface area contributed by atoms with E-state index in [9.17, 15) is 0 Å². The number of nitrogens with two attached hydrogens (primary N) is 1. The van der Waals surface area contributed by atoms with Crippen molar-refractivity contribution in [3.8, 4) is 6.01 Å². The lowest BCUT2D eigenvalue weighted by Crippen LogP contribution is -2.42. The van der Waals surface area contributed by atoms with Gasteiger partial charge in [-0.3, -0.25) is 0 Å². The molecule has 3 aromatic heterocycles. The fourth-order valence-electron chi connectivity index (χ4n) is 5.01. The molecule has 1 atom stereocenters. The molecule has 0 bridgehead atoms. The van der Waals surface area contributed by atoms with Gasteiger partial charge in [0, 0.05) is 31.7 Å². The highest BCUT2D eigenvalue weighted by Gasteiger charge is 2.27. The highest BCUT2D eigenvalue weighted by Crippen LogP contribution is 2.27. The standard InChI is InChI=1S/C24H39B3N8O/c1-5-6-19(24(25,26)27)36-23-31-20(28)22-30-14-18(35(22)32-23)12-16-11-15(2)21(29-13-16)34-9-7-17(8-10-34)33(3)4/h11,13-14,17,19H,5-10,12,25-27H2,1-4H3,(H2,28,31,32). The maximum absolute atomic E-state index is 6.24. The third-order valence-electron chi connectivity index (χ3n) is 7.19. The van der Waals surface area contributed by atoms with Crippen LogP contribution in [-0.2, 0) is 6.42 Å². The quantitative estimate of drug-likeness (QED) is 0.423. The molecule has 0 saturated carbocycles. The molecule has 190 valence electrons. The van der Waals surface area contributed by atoms with Crippen LogP contribution in [0.4, 0.5) is 11.6 Å². The van der Waals surface area contributed by atoms with Crippen molar-refractivity contribution in [2.75, 3.05) is 37.8 Å². The number of anilines is 2. The monoisotopic (exact) mass is 488 g/mol. The van der Waals surface area contributed by atoms with Crippen LogP contribution in [0.1, 0.15) is 49.4 Å². The molecule has 0 radical (unpaired) electrons. The average molecular weight is 488 g/mol. The van der Waals surface area contributed by atoms with Gasteiger partial charge >= 0.3 is 6.01 Å². The van der Waals surface area contributed by atoms with Crippen molar-refractivity contribution in [2.24, 2.45) is 0 Å². The van der Waals surface area contributed by atoms with Crippen LogP contribution in [0.25, 0.3) is 5.65 Å². The highest BCUT2D eigenvalue weighted by molar-refractivity contribution is 6.59. The summed E-state index contributed by atoms with van der Waals surface area (Å²) < 4.78 is 8.00. The molecule has 36 heavy (non-hydrogen) atoms. The Kier molecular flexibility index (Phi) is 7.83. The minimum absolute atomic E-state index is 0.00601. The zero-order chi connectivity index (χ0) is 26.0. The van der Waals surface area contributed by atoms with E-state index in [2.05, 4.69) is 82.4 Å². The summed E-state index contributed by atoms with van der Waals surface area (Å²) in [7, 11) is 10.8. The first-order valence-electron chi connectivity index (χ1n) is 13.1. The highest BCUT2D eigenvalue weighted by atomic mass is 16.5. The van der Waals surface area contributed by atoms with Gasteiger partial charge in [-0.1, -0.05) is 24.5 Å². The van der Waals surface area contributed by atoms with E-state index in [1.807, 2.05) is 12.4 Å². The topological polar surface area (TPSA) is 97.7 Å². The van der Waals surface area contributed by atoms with E-state index < -0.39 is 0 Å². The number of hydrogen-bond donors (Lipinski definition) is 1. The van der Waals surface area contributed by atoms with Crippen molar-refractivity contribution < 1.29 is 4.74 Å². The van der Waals surface area contributed by atoms with Crippen LogP contribution in [0, 0.1) is 6.92 Å². The number of nitrogen functional groups attached to an aromatic ring is 1. The molecular weight excluding hydrogens is 449 g/mol. The number of pyridine rings is 1. The first-order chi connectivity index (χ1) is 17.1. The first-order valence-corrected chi connectivity index (χ1v) is 13.1. The Balaban J connectivity index is 1.53. The van der Waals surface area contributed by atoms with Gasteiger partial charge in [0.1, 0.15) is 5.82 Å². The normalized spacial score (nSPS) is 16.1. The second-order valence-electron chi connectivity index (χ2n) is 11.4. The predicted molar refractivity (Wildman–Crippen MR) is 154 cm³/mol. The van der Waals surface area contributed by atoms with Gasteiger partial charge in [0.05, 0.1) is 41.5 Å². The summed E-state index contributed by atoms with van der Waals surface area (Å²) in [5, 5.41) is 4.64. The molecule has 1 unspecified atom stereocenters. The molecule has 12 heteroatoms. The number of aromatic nitrogens is 5. The number of nitrogens with zero attached hydrogens (tertiary/aromatic N) is 7. The van der Waals surface area contributed by atoms with Crippen molar-refractivity contribution >= 4 is 40.8 Å². The molecule has 0 aliphatic carbocycles. The Labute approximate surface area is 217 Å². The second kappa shape index (κ2) is 10.7. The molecule has 3 aromatic rings. The number of aryl methyl sites for hydroxylation is 1. The molecule has 0 aromatic carbocycles. The summed E-state index contributed by atoms with van der Waals surface area (Å²) in [5.74, 6) is 1.40. The molecule has 4 rings (SSSR count). The van der Waals surface area contributed by atoms with Crippen molar-refractivity contribution in [1.82, 2.24) is 29.5 Å². The third-order valence-corrected chi connectivity index (χ3v) is 7.19. The number of hydrogen-bond acceptors (Lipinski definition) is 8. The zero-order valence-corrected chi connectivity index (χ0v) is 23.0. The first kappa shape index (κ1) is 26.3. The molecule has 0 amide bonds. The summed E-state index contributed by atoms with van der Waals surface area (Å²) >= 11 is 0. The molecule has 0 spiro atoms. The van der Waals surface area contributed by atoms with E-state index in [1.165, 1.54) is 5.56 Å². The van der Waals surface area contributed by atoms with E-state index >= 15 is 0 Å². The van der Waals surface area contributed by atoms with E-state index in [4.69, 9.17) is 15.5 Å². The third kappa shape index (κ3) is 5.80. The molecule has 4 heterocycles. The van der Waals surface area contributed by atoms with Crippen molar-refractivity contribution in [1.29, 1.82) is 0 Å². The molecular formula is C24H39B3N8O. The number of rotatable bonds is 9. The van der Waals surface area contributed by atoms with Crippen LogP contribution in [0.15, 0.2) is 18.5 Å². The Morgan fingerprint density at radius 1 is 1.19 bits per heavy atom. The fraction of sp³-hybridized carbons (Fsp3) is 0.583. The van der Waals surface area contributed by atoms with Crippen LogP contribution < -0.4 is 15.4 Å². The van der Waals surface area contributed by atoms with Crippen molar-refractivity contribution in [3.05, 3.63) is 35.3 Å². The largest absolute Gasteiger partial charge is 0.461 e. The summed E-state index contributed by atoms with van der Waals surface area (Å²) in [5.41, 5.74) is 10.0.